The molecule has 3 nitrogen and oxygen atoms in total. The smallest absolute Gasteiger partial charge is 0.125 e. The van der Waals surface area contributed by atoms with E-state index in [-0.39, 0.29) is 5.92 Å². The highest BCUT2D eigenvalue weighted by atomic mass is 16.5. The average molecular weight is 227 g/mol. The Bertz CT molecular complexity index is 200. The minimum Gasteiger partial charge on any atom is -0.381 e. The largest absolute Gasteiger partial charge is 0.381 e. The van der Waals surface area contributed by atoms with Gasteiger partial charge in [0.2, 0.25) is 0 Å². The van der Waals surface area contributed by atoms with E-state index < -0.39 is 0 Å². The van der Waals surface area contributed by atoms with E-state index in [1.807, 2.05) is 0 Å². The lowest BCUT2D eigenvalue weighted by Gasteiger charge is -2.13. The lowest BCUT2D eigenvalue weighted by atomic mass is 9.95. The molecule has 2 aliphatic heterocycles. The molecule has 94 valence electrons. The van der Waals surface area contributed by atoms with E-state index in [0.717, 1.165) is 31.1 Å². The lowest BCUT2D eigenvalue weighted by Crippen LogP contribution is -2.16. The third kappa shape index (κ3) is 4.62. The molecule has 2 heterocycles. The van der Waals surface area contributed by atoms with Crippen molar-refractivity contribution in [2.75, 3.05) is 33.4 Å². The van der Waals surface area contributed by atoms with Gasteiger partial charge in [-0.25, -0.2) is 0 Å². The molecule has 0 aliphatic carbocycles. The van der Waals surface area contributed by atoms with E-state index in [1.54, 1.807) is 0 Å². The van der Waals surface area contributed by atoms with E-state index in [0.29, 0.717) is 6.61 Å². The quantitative estimate of drug-likeness (QED) is 0.674. The first-order chi connectivity index (χ1) is 7.63. The first-order valence-corrected chi connectivity index (χ1v) is 6.35. The molecule has 2 unspecified atom stereocenters. The zero-order valence-corrected chi connectivity index (χ0v) is 10.8. The molecule has 2 rings (SSSR count). The summed E-state index contributed by atoms with van der Waals surface area (Å²) in [7, 11) is 2.21. The van der Waals surface area contributed by atoms with Crippen LogP contribution >= 0.6 is 0 Å². The van der Waals surface area contributed by atoms with Crippen molar-refractivity contribution in [3.8, 4) is 0 Å². The number of aldehydes is 1. The lowest BCUT2D eigenvalue weighted by molar-refractivity contribution is -0.111. The van der Waals surface area contributed by atoms with Gasteiger partial charge < -0.3 is 14.4 Å². The number of likely N-dealkylation sites (tertiary alicyclic amines) is 1. The zero-order chi connectivity index (χ0) is 12.0. The van der Waals surface area contributed by atoms with E-state index in [9.17, 15) is 4.79 Å². The van der Waals surface area contributed by atoms with Crippen LogP contribution in [0, 0.1) is 17.8 Å². The van der Waals surface area contributed by atoms with Crippen LogP contribution in [-0.2, 0) is 9.53 Å². The molecule has 2 atom stereocenters. The van der Waals surface area contributed by atoms with Gasteiger partial charge in [-0.1, -0.05) is 13.8 Å². The Labute approximate surface area is 99.1 Å². The summed E-state index contributed by atoms with van der Waals surface area (Å²) in [5.74, 6) is 2.05. The second-order valence-electron chi connectivity index (χ2n) is 5.31. The van der Waals surface area contributed by atoms with E-state index in [1.165, 1.54) is 19.5 Å². The summed E-state index contributed by atoms with van der Waals surface area (Å²) in [6.45, 7) is 8.68. The fourth-order valence-electron chi connectivity index (χ4n) is 2.17. The molecular formula is C13H25NO2. The van der Waals surface area contributed by atoms with Gasteiger partial charge in [0.25, 0.3) is 0 Å². The van der Waals surface area contributed by atoms with Crippen molar-refractivity contribution in [2.24, 2.45) is 17.8 Å². The van der Waals surface area contributed by atoms with Crippen molar-refractivity contribution in [1.82, 2.24) is 4.90 Å². The third-order valence-corrected chi connectivity index (χ3v) is 3.53. The number of hydrogen-bond donors (Lipinski definition) is 0. The molecule has 2 saturated heterocycles. The van der Waals surface area contributed by atoms with Crippen molar-refractivity contribution in [1.29, 1.82) is 0 Å². The molecule has 0 saturated carbocycles. The van der Waals surface area contributed by atoms with Crippen LogP contribution in [0.5, 0.6) is 0 Å². The molecule has 0 aromatic rings. The van der Waals surface area contributed by atoms with Gasteiger partial charge >= 0.3 is 0 Å². The minimum atomic E-state index is 0.194. The van der Waals surface area contributed by atoms with Gasteiger partial charge in [0.15, 0.2) is 0 Å². The van der Waals surface area contributed by atoms with Crippen LogP contribution < -0.4 is 0 Å². The zero-order valence-electron chi connectivity index (χ0n) is 10.8. The Kier molecular flexibility index (Phi) is 5.99. The van der Waals surface area contributed by atoms with Gasteiger partial charge in [-0.3, -0.25) is 0 Å². The van der Waals surface area contributed by atoms with Crippen LogP contribution in [0.4, 0.5) is 0 Å². The molecule has 0 radical (unpaired) electrons. The number of rotatable bonds is 2. The van der Waals surface area contributed by atoms with Gasteiger partial charge in [0.1, 0.15) is 6.29 Å². The molecule has 0 N–H and O–H groups in total. The first-order valence-electron chi connectivity index (χ1n) is 6.35. The third-order valence-electron chi connectivity index (χ3n) is 3.53. The fraction of sp³-hybridized carbons (Fsp3) is 0.923. The normalized spacial score (nSPS) is 30.2. The molecule has 0 aromatic heterocycles. The number of carbonyl (C=O) groups excluding carboxylic acids is 1. The number of hydrogen-bond acceptors (Lipinski definition) is 3. The van der Waals surface area contributed by atoms with Crippen molar-refractivity contribution in [3.63, 3.8) is 0 Å². The van der Waals surface area contributed by atoms with Gasteiger partial charge in [0, 0.05) is 19.1 Å². The van der Waals surface area contributed by atoms with Gasteiger partial charge in [-0.15, -0.1) is 0 Å². The van der Waals surface area contributed by atoms with Gasteiger partial charge in [-0.2, -0.15) is 0 Å². The molecule has 16 heavy (non-hydrogen) atoms. The number of ether oxygens (including phenoxy) is 1. The number of carbonyl (C=O) groups is 1. The average Bonchev–Trinajstić information content (AvgIpc) is 2.88. The summed E-state index contributed by atoms with van der Waals surface area (Å²) >= 11 is 0. The Morgan fingerprint density at radius 3 is 2.38 bits per heavy atom. The van der Waals surface area contributed by atoms with Gasteiger partial charge in [-0.05, 0) is 38.3 Å². The molecule has 0 amide bonds. The second-order valence-corrected chi connectivity index (χ2v) is 5.31. The van der Waals surface area contributed by atoms with Crippen LogP contribution in [0.3, 0.4) is 0 Å². The Morgan fingerprint density at radius 1 is 1.38 bits per heavy atom. The summed E-state index contributed by atoms with van der Waals surface area (Å²) in [6, 6.07) is 0. The molecular weight excluding hydrogens is 202 g/mol. The van der Waals surface area contributed by atoms with Crippen LogP contribution in [-0.4, -0.2) is 44.5 Å². The molecule has 3 heteroatoms. The Morgan fingerprint density at radius 2 is 2.12 bits per heavy atom. The number of nitrogens with zero attached hydrogens (tertiary/aromatic N) is 1. The summed E-state index contributed by atoms with van der Waals surface area (Å²) in [6.07, 6.45) is 3.30. The topological polar surface area (TPSA) is 29.5 Å². The van der Waals surface area contributed by atoms with E-state index in [4.69, 9.17) is 4.74 Å². The SMILES string of the molecule is CC(C)C1CCN(C)C1.O=CC1CCOC1. The molecule has 0 aromatic carbocycles. The maximum atomic E-state index is 9.93. The highest BCUT2D eigenvalue weighted by Crippen LogP contribution is 2.21. The van der Waals surface area contributed by atoms with Crippen molar-refractivity contribution in [2.45, 2.75) is 26.7 Å². The maximum absolute atomic E-state index is 9.93. The fourth-order valence-corrected chi connectivity index (χ4v) is 2.17. The highest BCUT2D eigenvalue weighted by molar-refractivity contribution is 5.53. The summed E-state index contributed by atoms with van der Waals surface area (Å²) in [5.41, 5.74) is 0. The molecule has 0 spiro atoms. The predicted octanol–water partition coefficient (Wildman–Crippen LogP) is 1.82. The summed E-state index contributed by atoms with van der Waals surface area (Å²) < 4.78 is 4.92. The summed E-state index contributed by atoms with van der Waals surface area (Å²) in [5, 5.41) is 0. The Hall–Kier alpha value is -0.410. The monoisotopic (exact) mass is 227 g/mol. The standard InChI is InChI=1S/C8H17N.C5H8O2/c1-7(2)8-4-5-9(3)6-8;6-3-5-1-2-7-4-5/h7-8H,4-6H2,1-3H3;3,5H,1-2,4H2. The van der Waals surface area contributed by atoms with Crippen molar-refractivity contribution < 1.29 is 9.53 Å². The molecule has 2 aliphatic rings. The summed E-state index contributed by atoms with van der Waals surface area (Å²) in [4.78, 5) is 12.3. The van der Waals surface area contributed by atoms with Crippen LogP contribution in [0.25, 0.3) is 0 Å². The Balaban J connectivity index is 0.000000165. The van der Waals surface area contributed by atoms with Crippen LogP contribution in [0.2, 0.25) is 0 Å². The first kappa shape index (κ1) is 13.7. The molecule has 0 bridgehead atoms. The van der Waals surface area contributed by atoms with E-state index >= 15 is 0 Å². The van der Waals surface area contributed by atoms with Crippen LogP contribution in [0.15, 0.2) is 0 Å². The van der Waals surface area contributed by atoms with Crippen molar-refractivity contribution >= 4 is 6.29 Å². The van der Waals surface area contributed by atoms with Crippen molar-refractivity contribution in [3.05, 3.63) is 0 Å². The predicted molar refractivity (Wildman–Crippen MR) is 65.4 cm³/mol. The van der Waals surface area contributed by atoms with E-state index in [2.05, 4.69) is 25.8 Å². The highest BCUT2D eigenvalue weighted by Gasteiger charge is 2.21. The van der Waals surface area contributed by atoms with Gasteiger partial charge in [0.05, 0.1) is 6.61 Å². The second kappa shape index (κ2) is 7.02. The van der Waals surface area contributed by atoms with Crippen LogP contribution in [0.1, 0.15) is 26.7 Å². The maximum Gasteiger partial charge on any atom is 0.125 e. The molecule has 2 fully saturated rings. The minimum absolute atomic E-state index is 0.194.